The highest BCUT2D eigenvalue weighted by Gasteiger charge is 2.26. The highest BCUT2D eigenvalue weighted by atomic mass is 79.9. The second-order valence-corrected chi connectivity index (χ2v) is 4.94. The zero-order valence-electron chi connectivity index (χ0n) is 8.13. The van der Waals surface area contributed by atoms with Crippen LogP contribution in [-0.2, 0) is 0 Å². The fourth-order valence-corrected chi connectivity index (χ4v) is 2.73. The summed E-state index contributed by atoms with van der Waals surface area (Å²) in [6.07, 6.45) is 2.66. The van der Waals surface area contributed by atoms with E-state index in [4.69, 9.17) is 0 Å². The molecule has 0 bridgehead atoms. The normalized spacial score (nSPS) is 16.4. The predicted molar refractivity (Wildman–Crippen MR) is 62.6 cm³/mol. The number of fused-ring (bicyclic) bond motifs is 1. The van der Waals surface area contributed by atoms with Gasteiger partial charge in [0.25, 0.3) is 0 Å². The molecule has 0 radical (unpaired) electrons. The van der Waals surface area contributed by atoms with Gasteiger partial charge in [0.1, 0.15) is 0 Å². The molecule has 0 aliphatic heterocycles. The summed E-state index contributed by atoms with van der Waals surface area (Å²) >= 11 is 3.64. The molecule has 1 fully saturated rings. The summed E-state index contributed by atoms with van der Waals surface area (Å²) in [5.74, 6) is 0. The van der Waals surface area contributed by atoms with E-state index in [9.17, 15) is 0 Å². The first-order valence-electron chi connectivity index (χ1n) is 5.03. The Labute approximate surface area is 91.9 Å². The van der Waals surface area contributed by atoms with Gasteiger partial charge in [0, 0.05) is 16.9 Å². The first kappa shape index (κ1) is 8.54. The van der Waals surface area contributed by atoms with E-state index in [-0.39, 0.29) is 0 Å². The molecule has 0 N–H and O–H groups in total. The molecule has 2 heteroatoms. The third-order valence-electron chi connectivity index (χ3n) is 2.86. The van der Waals surface area contributed by atoms with Gasteiger partial charge in [-0.2, -0.15) is 0 Å². The Morgan fingerprint density at radius 1 is 1.29 bits per heavy atom. The average Bonchev–Trinajstić information content (AvgIpc) is 2.90. The van der Waals surface area contributed by atoms with Crippen LogP contribution in [0, 0.1) is 6.92 Å². The zero-order chi connectivity index (χ0) is 9.71. The topological polar surface area (TPSA) is 4.93 Å². The molecule has 0 saturated heterocycles. The molecule has 0 amide bonds. The van der Waals surface area contributed by atoms with Gasteiger partial charge in [-0.1, -0.05) is 12.1 Å². The molecule has 1 heterocycles. The third-order valence-corrected chi connectivity index (χ3v) is 3.47. The predicted octanol–water partition coefficient (Wildman–Crippen LogP) is 4.05. The summed E-state index contributed by atoms with van der Waals surface area (Å²) in [5.41, 5.74) is 2.71. The SMILES string of the molecule is Cc1ccc2cc(Br)n(C3CC3)c2c1. The molecule has 72 valence electrons. The molecule has 0 spiro atoms. The summed E-state index contributed by atoms with van der Waals surface area (Å²) in [7, 11) is 0. The van der Waals surface area contributed by atoms with Crippen molar-refractivity contribution in [3.8, 4) is 0 Å². The summed E-state index contributed by atoms with van der Waals surface area (Å²) < 4.78 is 3.64. The van der Waals surface area contributed by atoms with Crippen LogP contribution in [0.5, 0.6) is 0 Å². The second-order valence-electron chi connectivity index (χ2n) is 4.13. The van der Waals surface area contributed by atoms with Crippen molar-refractivity contribution in [2.45, 2.75) is 25.8 Å². The van der Waals surface area contributed by atoms with E-state index in [1.54, 1.807) is 0 Å². The minimum absolute atomic E-state index is 0.740. The van der Waals surface area contributed by atoms with E-state index in [1.165, 1.54) is 33.9 Å². The minimum Gasteiger partial charge on any atom is -0.332 e. The highest BCUT2D eigenvalue weighted by molar-refractivity contribution is 9.10. The largest absolute Gasteiger partial charge is 0.332 e. The maximum atomic E-state index is 3.64. The Hall–Kier alpha value is -0.760. The highest BCUT2D eigenvalue weighted by Crippen LogP contribution is 2.41. The summed E-state index contributed by atoms with van der Waals surface area (Å²) in [6, 6.07) is 9.61. The minimum atomic E-state index is 0.740. The summed E-state index contributed by atoms with van der Waals surface area (Å²) in [5, 5.41) is 1.34. The van der Waals surface area contributed by atoms with Gasteiger partial charge < -0.3 is 4.57 Å². The van der Waals surface area contributed by atoms with Crippen LogP contribution in [0.3, 0.4) is 0 Å². The van der Waals surface area contributed by atoms with Gasteiger partial charge in [0.2, 0.25) is 0 Å². The quantitative estimate of drug-likeness (QED) is 0.719. The molecule has 1 aromatic heterocycles. The lowest BCUT2D eigenvalue weighted by Crippen LogP contribution is -1.92. The standard InChI is InChI=1S/C12H12BrN/c1-8-2-3-9-7-12(13)14(10-4-5-10)11(9)6-8/h2-3,6-7,10H,4-5H2,1H3. The van der Waals surface area contributed by atoms with Crippen LogP contribution < -0.4 is 0 Å². The van der Waals surface area contributed by atoms with Crippen LogP contribution in [0.1, 0.15) is 24.4 Å². The Morgan fingerprint density at radius 3 is 2.79 bits per heavy atom. The maximum Gasteiger partial charge on any atom is 0.0860 e. The smallest absolute Gasteiger partial charge is 0.0860 e. The van der Waals surface area contributed by atoms with E-state index >= 15 is 0 Å². The Morgan fingerprint density at radius 2 is 2.07 bits per heavy atom. The van der Waals surface area contributed by atoms with Gasteiger partial charge in [-0.3, -0.25) is 0 Å². The van der Waals surface area contributed by atoms with Gasteiger partial charge in [0.15, 0.2) is 0 Å². The molecule has 1 aromatic carbocycles. The van der Waals surface area contributed by atoms with Crippen LogP contribution in [0.25, 0.3) is 10.9 Å². The molecule has 2 aromatic rings. The second kappa shape index (κ2) is 2.86. The van der Waals surface area contributed by atoms with Crippen LogP contribution in [-0.4, -0.2) is 4.57 Å². The van der Waals surface area contributed by atoms with E-state index < -0.39 is 0 Å². The molecular formula is C12H12BrN. The number of aryl methyl sites for hydroxylation is 1. The first-order valence-corrected chi connectivity index (χ1v) is 5.82. The van der Waals surface area contributed by atoms with Crippen molar-refractivity contribution in [1.82, 2.24) is 4.57 Å². The number of nitrogens with zero attached hydrogens (tertiary/aromatic N) is 1. The molecule has 0 atom stereocenters. The fourth-order valence-electron chi connectivity index (χ4n) is 2.00. The van der Waals surface area contributed by atoms with Crippen molar-refractivity contribution in [3.63, 3.8) is 0 Å². The lowest BCUT2D eigenvalue weighted by molar-refractivity contribution is 0.758. The number of hydrogen-bond donors (Lipinski definition) is 0. The van der Waals surface area contributed by atoms with Crippen LogP contribution in [0.2, 0.25) is 0 Å². The Bertz CT molecular complexity index is 494. The summed E-state index contributed by atoms with van der Waals surface area (Å²) in [4.78, 5) is 0. The van der Waals surface area contributed by atoms with Gasteiger partial charge in [-0.05, 0) is 53.4 Å². The summed E-state index contributed by atoms with van der Waals surface area (Å²) in [6.45, 7) is 2.15. The first-order chi connectivity index (χ1) is 6.75. The van der Waals surface area contributed by atoms with Crippen LogP contribution in [0.15, 0.2) is 28.9 Å². The van der Waals surface area contributed by atoms with Gasteiger partial charge in [-0.15, -0.1) is 0 Å². The maximum absolute atomic E-state index is 3.64. The number of aromatic nitrogens is 1. The lowest BCUT2D eigenvalue weighted by Gasteiger charge is -2.04. The number of benzene rings is 1. The third kappa shape index (κ3) is 1.21. The Kier molecular flexibility index (Phi) is 1.75. The van der Waals surface area contributed by atoms with Crippen LogP contribution >= 0.6 is 15.9 Å². The molecule has 1 aliphatic carbocycles. The van der Waals surface area contributed by atoms with E-state index in [0.717, 1.165) is 6.04 Å². The van der Waals surface area contributed by atoms with E-state index in [1.807, 2.05) is 0 Å². The van der Waals surface area contributed by atoms with Crippen molar-refractivity contribution < 1.29 is 0 Å². The molecule has 3 rings (SSSR count). The molecule has 1 saturated carbocycles. The van der Waals surface area contributed by atoms with E-state index in [0.29, 0.717) is 0 Å². The van der Waals surface area contributed by atoms with Crippen molar-refractivity contribution >= 4 is 26.8 Å². The molecule has 0 unspecified atom stereocenters. The van der Waals surface area contributed by atoms with Crippen LogP contribution in [0.4, 0.5) is 0 Å². The lowest BCUT2D eigenvalue weighted by atomic mass is 10.2. The number of halogens is 1. The van der Waals surface area contributed by atoms with Gasteiger partial charge in [0.05, 0.1) is 4.60 Å². The molecule has 1 aliphatic rings. The fraction of sp³-hybridized carbons (Fsp3) is 0.333. The van der Waals surface area contributed by atoms with E-state index in [2.05, 4.69) is 51.7 Å². The monoisotopic (exact) mass is 249 g/mol. The van der Waals surface area contributed by atoms with Gasteiger partial charge >= 0.3 is 0 Å². The molecule has 1 nitrogen and oxygen atoms in total. The zero-order valence-corrected chi connectivity index (χ0v) is 9.71. The van der Waals surface area contributed by atoms with Gasteiger partial charge in [-0.25, -0.2) is 0 Å². The Balaban J connectivity index is 2.34. The average molecular weight is 250 g/mol. The number of hydrogen-bond acceptors (Lipinski definition) is 0. The number of rotatable bonds is 1. The van der Waals surface area contributed by atoms with Crippen molar-refractivity contribution in [2.75, 3.05) is 0 Å². The van der Waals surface area contributed by atoms with Crippen molar-refractivity contribution in [3.05, 3.63) is 34.4 Å². The van der Waals surface area contributed by atoms with Crippen molar-refractivity contribution in [2.24, 2.45) is 0 Å². The van der Waals surface area contributed by atoms with Crippen molar-refractivity contribution in [1.29, 1.82) is 0 Å². The molecular weight excluding hydrogens is 238 g/mol. The molecule has 14 heavy (non-hydrogen) atoms.